The Balaban J connectivity index is 0.000000347. The molecule has 6 heterocycles. The van der Waals surface area contributed by atoms with Gasteiger partial charge in [-0.1, -0.05) is 74.1 Å². The van der Waals surface area contributed by atoms with Crippen LogP contribution in [0.3, 0.4) is 0 Å². The molecule has 0 aliphatic rings. The van der Waals surface area contributed by atoms with Crippen LogP contribution in [0.5, 0.6) is 0 Å². The third-order valence-corrected chi connectivity index (χ3v) is 8.99. The number of aliphatic hydroxyl groups is 1. The van der Waals surface area contributed by atoms with Crippen molar-refractivity contribution in [2.24, 2.45) is 0 Å². The lowest BCUT2D eigenvalue weighted by Gasteiger charge is -2.03. The molecule has 0 unspecified atom stereocenters. The fourth-order valence-corrected chi connectivity index (χ4v) is 6.04. The van der Waals surface area contributed by atoms with Crippen molar-refractivity contribution in [1.29, 1.82) is 0 Å². The maximum absolute atomic E-state index is 11.2. The first-order valence-electron chi connectivity index (χ1n) is 14.8. The summed E-state index contributed by atoms with van der Waals surface area (Å²) in [6.07, 6.45) is 13.4. The second-order valence-electron chi connectivity index (χ2n) is 9.96. The quantitative estimate of drug-likeness (QED) is 0.0411. The van der Waals surface area contributed by atoms with Gasteiger partial charge in [-0.2, -0.15) is 0 Å². The number of carbonyl (C=O) groups is 1. The number of aliphatic hydroxyl groups excluding tert-OH is 1. The van der Waals surface area contributed by atoms with Gasteiger partial charge in [0.05, 0.1) is 26.7 Å². The third kappa shape index (κ3) is 19.2. The number of aromatic amines is 3. The van der Waals surface area contributed by atoms with Crippen LogP contribution in [-0.2, 0) is 17.7 Å². The van der Waals surface area contributed by atoms with Gasteiger partial charge >= 0.3 is 0 Å². The Morgan fingerprint density at radius 1 is 0.759 bits per heavy atom. The number of rotatable bonds is 6. The molecule has 0 saturated carbocycles. The molecule has 12 nitrogen and oxygen atoms in total. The third-order valence-electron chi connectivity index (χ3n) is 5.92. The number of nitrogens with one attached hydrogen (secondary N) is 3. The van der Waals surface area contributed by atoms with E-state index in [1.165, 1.54) is 42.5 Å². The molecule has 6 rings (SSSR count). The number of hydrogen-bond donors (Lipinski definition) is 4. The molecule has 0 aliphatic heterocycles. The Labute approximate surface area is 354 Å². The predicted octanol–water partition coefficient (Wildman–Crippen LogP) is 8.99. The molecule has 0 amide bonds. The van der Waals surface area contributed by atoms with E-state index in [4.69, 9.17) is 51.5 Å². The Kier molecular flexibility index (Phi) is 24.4. The minimum Gasteiger partial charge on any atom is -0.392 e. The molecule has 6 aromatic heterocycles. The van der Waals surface area contributed by atoms with Crippen LogP contribution in [0.15, 0.2) is 101 Å². The molecular weight excluding hydrogens is 906 g/mol. The Bertz CT molecular complexity index is 2160. The second kappa shape index (κ2) is 27.1. The summed E-state index contributed by atoms with van der Waals surface area (Å²) in [7, 11) is 0. The van der Waals surface area contributed by atoms with Crippen molar-refractivity contribution in [2.45, 2.75) is 36.7 Å². The van der Waals surface area contributed by atoms with Crippen molar-refractivity contribution in [2.75, 3.05) is 0 Å². The molecule has 0 fully saturated rings. The van der Waals surface area contributed by atoms with Crippen LogP contribution in [0.2, 0.25) is 20.1 Å². The van der Waals surface area contributed by atoms with E-state index < -0.39 is 0 Å². The van der Waals surface area contributed by atoms with Gasteiger partial charge in [-0.15, -0.1) is 12.4 Å². The first-order chi connectivity index (χ1) is 25.4. The van der Waals surface area contributed by atoms with Gasteiger partial charge in [0.15, 0.2) is 16.2 Å². The second-order valence-corrected chi connectivity index (χ2v) is 13.5. The van der Waals surface area contributed by atoms with Crippen molar-refractivity contribution < 1.29 is 9.90 Å². The van der Waals surface area contributed by atoms with E-state index in [9.17, 15) is 14.4 Å². The normalized spacial score (nSPS) is 9.56. The molecule has 0 spiro atoms. The number of thioether (sulfide) groups is 1. The van der Waals surface area contributed by atoms with Gasteiger partial charge in [-0.25, -0.2) is 4.98 Å². The summed E-state index contributed by atoms with van der Waals surface area (Å²) in [5.41, 5.74) is 4.43. The van der Waals surface area contributed by atoms with Crippen molar-refractivity contribution in [3.05, 3.63) is 165 Å². The molecular formula is C34H32BrCl5N8O4S2. The van der Waals surface area contributed by atoms with E-state index in [0.29, 0.717) is 53.9 Å². The monoisotopic (exact) mass is 934 g/mol. The summed E-state index contributed by atoms with van der Waals surface area (Å²) in [5, 5.41) is 12.2. The van der Waals surface area contributed by atoms with E-state index in [-0.39, 0.29) is 30.1 Å². The van der Waals surface area contributed by atoms with E-state index in [0.717, 1.165) is 27.2 Å². The van der Waals surface area contributed by atoms with Gasteiger partial charge in [-0.3, -0.25) is 39.3 Å². The van der Waals surface area contributed by atoms with E-state index in [1.807, 2.05) is 12.1 Å². The summed E-state index contributed by atoms with van der Waals surface area (Å²) in [6, 6.07) is 9.90. The average molecular weight is 938 g/mol. The molecule has 54 heavy (non-hydrogen) atoms. The molecule has 0 aromatic carbocycles. The standard InChI is InChI=1S/C11H10ClN3OS.C6H5BrClN.C6H6ClNO.C6H4ClNO.C5H6N2OS.ClH/c1-7-4-10(16)15-11(14-7)17-6-8-2-3-13-5-9(8)12;7-3-5-1-2-9-4-6(5)8;2*7-6-3-8-2-1-5(6)4-9;1-3-2-4(8)7-5(9)6-3;/h2-5H,6H2,1H3,(H,14,15,16);1-2,4H,3H2;1-3,9H,4H2;1-4H;2H,1H3,(H2,6,7,8,9);1H. The summed E-state index contributed by atoms with van der Waals surface area (Å²) in [4.78, 5) is 59.2. The average Bonchev–Trinajstić information content (AvgIpc) is 3.12. The lowest BCUT2D eigenvalue weighted by molar-refractivity contribution is 0.112. The van der Waals surface area contributed by atoms with Crippen LogP contribution < -0.4 is 11.1 Å². The Morgan fingerprint density at radius 2 is 1.26 bits per heavy atom. The predicted molar refractivity (Wildman–Crippen MR) is 224 cm³/mol. The van der Waals surface area contributed by atoms with E-state index in [1.54, 1.807) is 57.0 Å². The van der Waals surface area contributed by atoms with Gasteiger partial charge in [0.1, 0.15) is 0 Å². The highest BCUT2D eigenvalue weighted by Gasteiger charge is 2.03. The first-order valence-corrected chi connectivity index (χ1v) is 18.9. The van der Waals surface area contributed by atoms with Gasteiger partial charge in [0.25, 0.3) is 11.1 Å². The van der Waals surface area contributed by atoms with Gasteiger partial charge in [-0.05, 0) is 67.0 Å². The molecule has 0 saturated heterocycles. The number of nitrogens with zero attached hydrogens (tertiary/aromatic N) is 5. The largest absolute Gasteiger partial charge is 0.392 e. The zero-order valence-electron chi connectivity index (χ0n) is 28.3. The Hall–Kier alpha value is -3.51. The van der Waals surface area contributed by atoms with Crippen molar-refractivity contribution >= 4 is 105 Å². The Morgan fingerprint density at radius 3 is 1.65 bits per heavy atom. The number of alkyl halides is 1. The fourth-order valence-electron chi connectivity index (χ4n) is 3.40. The highest BCUT2D eigenvalue weighted by molar-refractivity contribution is 9.08. The van der Waals surface area contributed by atoms with Crippen molar-refractivity contribution in [1.82, 2.24) is 39.9 Å². The maximum Gasteiger partial charge on any atom is 0.251 e. The number of pyridine rings is 4. The van der Waals surface area contributed by atoms with Crippen molar-refractivity contribution in [3.63, 3.8) is 0 Å². The highest BCUT2D eigenvalue weighted by atomic mass is 79.9. The minimum atomic E-state index is -0.156. The van der Waals surface area contributed by atoms with Crippen LogP contribution in [0, 0.1) is 18.6 Å². The number of aryl methyl sites for hydroxylation is 2. The van der Waals surface area contributed by atoms with Crippen LogP contribution in [-0.4, -0.2) is 51.3 Å². The van der Waals surface area contributed by atoms with Crippen LogP contribution >= 0.6 is 98.7 Å². The molecule has 0 atom stereocenters. The number of hydrogen-bond acceptors (Lipinski definition) is 11. The van der Waals surface area contributed by atoms with Crippen LogP contribution in [0.25, 0.3) is 0 Å². The van der Waals surface area contributed by atoms with Crippen molar-refractivity contribution in [3.8, 4) is 0 Å². The van der Waals surface area contributed by atoms with Gasteiger partial charge in [0, 0.05) is 89.7 Å². The summed E-state index contributed by atoms with van der Waals surface area (Å²) >= 11 is 32.3. The fraction of sp³-hybridized carbons (Fsp3) is 0.147. The van der Waals surface area contributed by atoms with E-state index in [2.05, 4.69) is 68.0 Å². The topological polar surface area (TPSA) is 183 Å². The van der Waals surface area contributed by atoms with Gasteiger partial charge in [0.2, 0.25) is 0 Å². The van der Waals surface area contributed by atoms with Crippen LogP contribution in [0.4, 0.5) is 0 Å². The molecule has 0 aliphatic carbocycles. The van der Waals surface area contributed by atoms with E-state index >= 15 is 0 Å². The molecule has 0 radical (unpaired) electrons. The van der Waals surface area contributed by atoms with Gasteiger partial charge < -0.3 is 15.1 Å². The number of halogens is 6. The maximum atomic E-state index is 11.2. The summed E-state index contributed by atoms with van der Waals surface area (Å²) < 4.78 is 0.375. The summed E-state index contributed by atoms with van der Waals surface area (Å²) in [6.45, 7) is 3.55. The summed E-state index contributed by atoms with van der Waals surface area (Å²) in [5.74, 6) is 0.647. The molecule has 0 bridgehead atoms. The lowest BCUT2D eigenvalue weighted by Crippen LogP contribution is -2.08. The zero-order valence-corrected chi connectivity index (χ0v) is 35.4. The molecule has 286 valence electrons. The lowest BCUT2D eigenvalue weighted by atomic mass is 10.3. The number of carbonyl (C=O) groups excluding carboxylic acids is 1. The number of H-pyrrole nitrogens is 3. The molecule has 6 aromatic rings. The first kappa shape index (κ1) is 48.5. The zero-order chi connectivity index (χ0) is 39.2. The number of aldehydes is 1. The highest BCUT2D eigenvalue weighted by Crippen LogP contribution is 2.23. The SMILES string of the molecule is Cc1cc(=O)[nH]c(=S)[nH]1.Cc1cc(=O)[nH]c(SCc2ccncc2Cl)n1.Cl.Clc1cnccc1CBr.O=Cc1ccncc1Cl.OCc1ccncc1Cl. The number of aromatic nitrogens is 8. The molecule has 4 N–H and O–H groups in total. The van der Waals surface area contributed by atoms with Crippen LogP contribution in [0.1, 0.15) is 38.4 Å². The minimum absolute atomic E-state index is 0. The molecule has 20 heteroatoms. The smallest absolute Gasteiger partial charge is 0.251 e.